The lowest BCUT2D eigenvalue weighted by molar-refractivity contribution is 1.64. The molecule has 0 spiro atoms. The molecular formula is C15H14S. The van der Waals surface area contributed by atoms with Gasteiger partial charge >= 0.3 is 0 Å². The minimum Gasteiger partial charge on any atom is -0.129 e. The lowest BCUT2D eigenvalue weighted by Gasteiger charge is -2.04. The van der Waals surface area contributed by atoms with Gasteiger partial charge in [-0.1, -0.05) is 60.7 Å². The molecule has 2 aromatic carbocycles. The van der Waals surface area contributed by atoms with Gasteiger partial charge in [0, 0.05) is 4.91 Å². The van der Waals surface area contributed by atoms with E-state index < -0.39 is 0 Å². The van der Waals surface area contributed by atoms with Crippen LogP contribution < -0.4 is 0 Å². The molecule has 2 rings (SSSR count). The van der Waals surface area contributed by atoms with E-state index >= 15 is 0 Å². The quantitative estimate of drug-likeness (QED) is 0.692. The van der Waals surface area contributed by atoms with E-state index in [0.717, 1.165) is 0 Å². The first-order valence-electron chi connectivity index (χ1n) is 5.26. The summed E-state index contributed by atoms with van der Waals surface area (Å²) in [6.45, 7) is 0. The highest BCUT2D eigenvalue weighted by atomic mass is 32.2. The third-order valence-corrected chi connectivity index (χ3v) is 3.17. The van der Waals surface area contributed by atoms with Gasteiger partial charge in [-0.05, 0) is 23.5 Å². The van der Waals surface area contributed by atoms with E-state index in [9.17, 15) is 0 Å². The zero-order valence-corrected chi connectivity index (χ0v) is 10.1. The minimum absolute atomic E-state index is 1.25. The van der Waals surface area contributed by atoms with Gasteiger partial charge in [-0.25, -0.2) is 0 Å². The summed E-state index contributed by atoms with van der Waals surface area (Å²) in [5.74, 6) is 0. The van der Waals surface area contributed by atoms with Crippen LogP contribution in [0, 0.1) is 0 Å². The normalized spacial score (nSPS) is 11.4. The van der Waals surface area contributed by atoms with Gasteiger partial charge in [-0.15, -0.1) is 11.8 Å². The van der Waals surface area contributed by atoms with Gasteiger partial charge in [-0.3, -0.25) is 0 Å². The van der Waals surface area contributed by atoms with E-state index in [1.807, 2.05) is 12.1 Å². The standard InChI is InChI=1S/C15H14S/c1-16-15(14-10-6-3-7-11-14)12-13-8-4-2-5-9-13/h2-12H,1H3. The van der Waals surface area contributed by atoms with Crippen LogP contribution in [0.5, 0.6) is 0 Å². The highest BCUT2D eigenvalue weighted by molar-refractivity contribution is 8.07. The molecule has 0 amide bonds. The Labute approximate surface area is 101 Å². The molecule has 0 aliphatic rings. The second kappa shape index (κ2) is 5.57. The summed E-state index contributed by atoms with van der Waals surface area (Å²) >= 11 is 1.78. The van der Waals surface area contributed by atoms with Gasteiger partial charge in [0.05, 0.1) is 0 Å². The smallest absolute Gasteiger partial charge is 0.0148 e. The van der Waals surface area contributed by atoms with Crippen molar-refractivity contribution in [2.45, 2.75) is 0 Å². The number of benzene rings is 2. The Kier molecular flexibility index (Phi) is 3.84. The SMILES string of the molecule is CSC(=Cc1ccccc1)c1ccccc1. The van der Waals surface area contributed by atoms with Gasteiger partial charge in [-0.2, -0.15) is 0 Å². The molecule has 0 aliphatic carbocycles. The molecule has 0 heterocycles. The second-order valence-corrected chi connectivity index (χ2v) is 4.34. The van der Waals surface area contributed by atoms with Crippen LogP contribution in [0.2, 0.25) is 0 Å². The molecule has 2 aromatic rings. The van der Waals surface area contributed by atoms with E-state index in [0.29, 0.717) is 0 Å². The van der Waals surface area contributed by atoms with E-state index in [1.165, 1.54) is 16.0 Å². The van der Waals surface area contributed by atoms with Crippen LogP contribution in [0.25, 0.3) is 11.0 Å². The predicted octanol–water partition coefficient (Wildman–Crippen LogP) is 4.55. The summed E-state index contributed by atoms with van der Waals surface area (Å²) in [5.41, 5.74) is 2.52. The van der Waals surface area contributed by atoms with E-state index in [-0.39, 0.29) is 0 Å². The van der Waals surface area contributed by atoms with Crippen molar-refractivity contribution in [1.29, 1.82) is 0 Å². The van der Waals surface area contributed by atoms with Gasteiger partial charge < -0.3 is 0 Å². The summed E-state index contributed by atoms with van der Waals surface area (Å²) in [7, 11) is 0. The lowest BCUT2D eigenvalue weighted by atomic mass is 10.1. The van der Waals surface area contributed by atoms with Crippen molar-refractivity contribution in [3.63, 3.8) is 0 Å². The van der Waals surface area contributed by atoms with Gasteiger partial charge in [0.2, 0.25) is 0 Å². The van der Waals surface area contributed by atoms with Crippen molar-refractivity contribution in [3.05, 3.63) is 71.8 Å². The lowest BCUT2D eigenvalue weighted by Crippen LogP contribution is -1.79. The molecule has 0 saturated carbocycles. The van der Waals surface area contributed by atoms with Crippen molar-refractivity contribution in [3.8, 4) is 0 Å². The maximum absolute atomic E-state index is 2.22. The molecule has 0 atom stereocenters. The van der Waals surface area contributed by atoms with Crippen molar-refractivity contribution >= 4 is 22.7 Å². The molecule has 0 aliphatic heterocycles. The Bertz CT molecular complexity index is 457. The van der Waals surface area contributed by atoms with E-state index in [1.54, 1.807) is 11.8 Å². The summed E-state index contributed by atoms with van der Waals surface area (Å²) < 4.78 is 0. The molecule has 16 heavy (non-hydrogen) atoms. The van der Waals surface area contributed by atoms with Crippen molar-refractivity contribution in [2.24, 2.45) is 0 Å². The third kappa shape index (κ3) is 2.77. The fourth-order valence-corrected chi connectivity index (χ4v) is 2.19. The summed E-state index contributed by atoms with van der Waals surface area (Å²) in [6.07, 6.45) is 4.34. The van der Waals surface area contributed by atoms with Crippen LogP contribution >= 0.6 is 11.8 Å². The molecule has 0 saturated heterocycles. The van der Waals surface area contributed by atoms with Crippen LogP contribution in [0.3, 0.4) is 0 Å². The van der Waals surface area contributed by atoms with Gasteiger partial charge in [0.25, 0.3) is 0 Å². The molecule has 0 unspecified atom stereocenters. The average molecular weight is 226 g/mol. The van der Waals surface area contributed by atoms with E-state index in [2.05, 4.69) is 60.9 Å². The third-order valence-electron chi connectivity index (χ3n) is 2.38. The molecule has 0 N–H and O–H groups in total. The summed E-state index contributed by atoms with van der Waals surface area (Å²) in [4.78, 5) is 1.30. The van der Waals surface area contributed by atoms with Crippen molar-refractivity contribution < 1.29 is 0 Å². The second-order valence-electron chi connectivity index (χ2n) is 3.49. The van der Waals surface area contributed by atoms with Crippen molar-refractivity contribution in [2.75, 3.05) is 6.26 Å². The fourth-order valence-electron chi connectivity index (χ4n) is 1.56. The molecule has 1 heteroatoms. The Balaban J connectivity index is 2.34. The Morgan fingerprint density at radius 2 is 1.44 bits per heavy atom. The van der Waals surface area contributed by atoms with Crippen LogP contribution in [0.15, 0.2) is 60.7 Å². The molecule has 0 radical (unpaired) electrons. The van der Waals surface area contributed by atoms with Crippen LogP contribution in [-0.4, -0.2) is 6.26 Å². The number of hydrogen-bond donors (Lipinski definition) is 0. The van der Waals surface area contributed by atoms with Gasteiger partial charge in [0.1, 0.15) is 0 Å². The van der Waals surface area contributed by atoms with Crippen LogP contribution in [0.1, 0.15) is 11.1 Å². The number of hydrogen-bond acceptors (Lipinski definition) is 1. The Morgan fingerprint density at radius 3 is 2.00 bits per heavy atom. The molecule has 0 bridgehead atoms. The molecule has 0 aromatic heterocycles. The largest absolute Gasteiger partial charge is 0.129 e. The highest BCUT2D eigenvalue weighted by Crippen LogP contribution is 2.27. The molecule has 80 valence electrons. The highest BCUT2D eigenvalue weighted by Gasteiger charge is 1.98. The topological polar surface area (TPSA) is 0 Å². The molecule has 0 nitrogen and oxygen atoms in total. The first-order chi connectivity index (χ1) is 7.90. The maximum Gasteiger partial charge on any atom is 0.0148 e. The van der Waals surface area contributed by atoms with Gasteiger partial charge in [0.15, 0.2) is 0 Å². The van der Waals surface area contributed by atoms with E-state index in [4.69, 9.17) is 0 Å². The average Bonchev–Trinajstić information content (AvgIpc) is 2.38. The van der Waals surface area contributed by atoms with Crippen molar-refractivity contribution in [1.82, 2.24) is 0 Å². The Morgan fingerprint density at radius 1 is 0.875 bits per heavy atom. The fraction of sp³-hybridized carbons (Fsp3) is 0.0667. The first kappa shape index (κ1) is 11.0. The minimum atomic E-state index is 1.25. The summed E-state index contributed by atoms with van der Waals surface area (Å²) in [6, 6.07) is 20.9. The predicted molar refractivity (Wildman–Crippen MR) is 74.3 cm³/mol. The first-order valence-corrected chi connectivity index (χ1v) is 6.49. The van der Waals surface area contributed by atoms with Crippen LogP contribution in [-0.2, 0) is 0 Å². The Hall–Kier alpha value is -1.47. The number of rotatable bonds is 3. The monoisotopic (exact) mass is 226 g/mol. The summed E-state index contributed by atoms with van der Waals surface area (Å²) in [5, 5.41) is 0. The maximum atomic E-state index is 2.22. The zero-order valence-electron chi connectivity index (χ0n) is 9.26. The zero-order chi connectivity index (χ0) is 11.2. The number of thioether (sulfide) groups is 1. The molecular weight excluding hydrogens is 212 g/mol. The van der Waals surface area contributed by atoms with Crippen LogP contribution in [0.4, 0.5) is 0 Å². The molecule has 0 fully saturated rings.